The molecular formula is C8H13NO3S2. The Balaban J connectivity index is 2.67. The Labute approximate surface area is 91.8 Å². The third kappa shape index (κ3) is 2.36. The fraction of sp³-hybridized carbons (Fsp3) is 0.750. The second-order valence-corrected chi connectivity index (χ2v) is 4.83. The number of thiol groups is 1. The number of nitrogens with zero attached hydrogens (tertiary/aromatic N) is 1. The fourth-order valence-electron chi connectivity index (χ4n) is 1.57. The van der Waals surface area contributed by atoms with Crippen molar-refractivity contribution in [3.63, 3.8) is 0 Å². The van der Waals surface area contributed by atoms with Gasteiger partial charge in [-0.15, -0.1) is 11.7 Å². The van der Waals surface area contributed by atoms with E-state index in [2.05, 4.69) is 11.7 Å². The molecule has 2 atom stereocenters. The maximum absolute atomic E-state index is 11.7. The summed E-state index contributed by atoms with van der Waals surface area (Å²) in [4.78, 5) is 23.9. The topological polar surface area (TPSA) is 57.6 Å². The van der Waals surface area contributed by atoms with Crippen molar-refractivity contribution in [2.45, 2.75) is 31.1 Å². The van der Waals surface area contributed by atoms with Crippen LogP contribution in [0.3, 0.4) is 0 Å². The number of carbonyl (C=O) groups is 2. The van der Waals surface area contributed by atoms with E-state index < -0.39 is 12.0 Å². The lowest BCUT2D eigenvalue weighted by molar-refractivity contribution is -0.147. The van der Waals surface area contributed by atoms with Gasteiger partial charge in [0.25, 0.3) is 0 Å². The molecule has 0 saturated carbocycles. The Morgan fingerprint density at radius 1 is 1.64 bits per heavy atom. The highest BCUT2D eigenvalue weighted by atomic mass is 33.1. The molecule has 0 aliphatic carbocycles. The quantitative estimate of drug-likeness (QED) is 0.566. The van der Waals surface area contributed by atoms with Crippen molar-refractivity contribution >= 4 is 34.3 Å². The van der Waals surface area contributed by atoms with Crippen molar-refractivity contribution in [1.82, 2.24) is 4.90 Å². The largest absolute Gasteiger partial charge is 0.480 e. The van der Waals surface area contributed by atoms with E-state index in [0.717, 1.165) is 17.2 Å². The summed E-state index contributed by atoms with van der Waals surface area (Å²) in [7, 11) is 1.14. The van der Waals surface area contributed by atoms with Gasteiger partial charge in [-0.05, 0) is 19.8 Å². The molecule has 1 saturated heterocycles. The maximum atomic E-state index is 11.7. The molecule has 0 radical (unpaired) electrons. The summed E-state index contributed by atoms with van der Waals surface area (Å²) in [6.07, 6.45) is 1.33. The highest BCUT2D eigenvalue weighted by Gasteiger charge is 2.35. The summed E-state index contributed by atoms with van der Waals surface area (Å²) < 4.78 is 0. The van der Waals surface area contributed by atoms with Gasteiger partial charge < -0.3 is 10.0 Å². The number of hydrogen-bond donors (Lipinski definition) is 2. The second kappa shape index (κ2) is 4.93. The second-order valence-electron chi connectivity index (χ2n) is 3.28. The first-order valence-electron chi connectivity index (χ1n) is 4.41. The minimum absolute atomic E-state index is 0.130. The third-order valence-electron chi connectivity index (χ3n) is 2.33. The van der Waals surface area contributed by atoms with Crippen LogP contribution in [0, 0.1) is 0 Å². The average Bonchev–Trinajstić information content (AvgIpc) is 2.63. The fourth-order valence-corrected chi connectivity index (χ4v) is 2.06. The molecule has 0 spiro atoms. The molecule has 0 aromatic carbocycles. The van der Waals surface area contributed by atoms with Gasteiger partial charge in [0.2, 0.25) is 5.91 Å². The Hall–Kier alpha value is -0.360. The van der Waals surface area contributed by atoms with Crippen LogP contribution >= 0.6 is 22.5 Å². The maximum Gasteiger partial charge on any atom is 0.326 e. The zero-order valence-corrected chi connectivity index (χ0v) is 9.55. The molecule has 1 amide bonds. The third-order valence-corrected chi connectivity index (χ3v) is 3.79. The van der Waals surface area contributed by atoms with Crippen molar-refractivity contribution in [1.29, 1.82) is 0 Å². The van der Waals surface area contributed by atoms with Gasteiger partial charge in [0.1, 0.15) is 6.04 Å². The standard InChI is InChI=1S/C8H13NO3S2/c1-5(14-13)7(10)9-4-2-3-6(9)8(11)12/h5-6,13H,2-4H2,1H3,(H,11,12)/t5?,6-/m0/s1. The normalized spacial score (nSPS) is 23.6. The molecule has 1 heterocycles. The lowest BCUT2D eigenvalue weighted by Crippen LogP contribution is -2.43. The number of amides is 1. The SMILES string of the molecule is CC(SS)C(=O)N1CCC[C@H]1C(=O)O. The first-order valence-corrected chi connectivity index (χ1v) is 6.34. The Kier molecular flexibility index (Phi) is 4.12. The van der Waals surface area contributed by atoms with Crippen LogP contribution in [0.25, 0.3) is 0 Å². The van der Waals surface area contributed by atoms with E-state index in [1.165, 1.54) is 4.90 Å². The monoisotopic (exact) mass is 235 g/mol. The Bertz CT molecular complexity index is 247. The van der Waals surface area contributed by atoms with E-state index in [-0.39, 0.29) is 11.2 Å². The molecule has 0 aromatic heterocycles. The van der Waals surface area contributed by atoms with Crippen LogP contribution in [0.4, 0.5) is 0 Å². The van der Waals surface area contributed by atoms with Gasteiger partial charge in [-0.2, -0.15) is 0 Å². The molecule has 6 heteroatoms. The van der Waals surface area contributed by atoms with Crippen LogP contribution in [0.1, 0.15) is 19.8 Å². The van der Waals surface area contributed by atoms with Crippen LogP contribution < -0.4 is 0 Å². The summed E-state index contributed by atoms with van der Waals surface area (Å²) in [6.45, 7) is 2.28. The number of aliphatic carboxylic acids is 1. The molecule has 1 aliphatic rings. The summed E-state index contributed by atoms with van der Waals surface area (Å²) >= 11 is 3.95. The number of carboxylic acid groups (broad SMARTS) is 1. The predicted octanol–water partition coefficient (Wildman–Crippen LogP) is 1.03. The van der Waals surface area contributed by atoms with E-state index in [0.29, 0.717) is 13.0 Å². The van der Waals surface area contributed by atoms with Crippen molar-refractivity contribution in [3.05, 3.63) is 0 Å². The first-order chi connectivity index (χ1) is 6.57. The van der Waals surface area contributed by atoms with Crippen LogP contribution in [0.5, 0.6) is 0 Å². The highest BCUT2D eigenvalue weighted by molar-refractivity contribution is 8.69. The highest BCUT2D eigenvalue weighted by Crippen LogP contribution is 2.23. The Morgan fingerprint density at radius 3 is 2.79 bits per heavy atom. The molecule has 1 fully saturated rings. The van der Waals surface area contributed by atoms with Crippen molar-refractivity contribution in [3.8, 4) is 0 Å². The molecule has 1 N–H and O–H groups in total. The number of rotatable bonds is 3. The van der Waals surface area contributed by atoms with Gasteiger partial charge in [0, 0.05) is 6.54 Å². The lowest BCUT2D eigenvalue weighted by atomic mass is 10.2. The van der Waals surface area contributed by atoms with Gasteiger partial charge in [-0.1, -0.05) is 10.8 Å². The number of carbonyl (C=O) groups excluding carboxylic acids is 1. The number of carboxylic acids is 1. The minimum Gasteiger partial charge on any atom is -0.480 e. The molecule has 0 bridgehead atoms. The molecule has 80 valence electrons. The van der Waals surface area contributed by atoms with Gasteiger partial charge in [0.05, 0.1) is 5.25 Å². The van der Waals surface area contributed by atoms with Gasteiger partial charge in [-0.25, -0.2) is 4.79 Å². The molecule has 14 heavy (non-hydrogen) atoms. The molecule has 1 unspecified atom stereocenters. The summed E-state index contributed by atoms with van der Waals surface area (Å²) in [5, 5.41) is 8.59. The lowest BCUT2D eigenvalue weighted by Gasteiger charge is -2.23. The van der Waals surface area contributed by atoms with Crippen LogP contribution in [-0.2, 0) is 9.59 Å². The molecule has 4 nitrogen and oxygen atoms in total. The van der Waals surface area contributed by atoms with Crippen LogP contribution in [0.15, 0.2) is 0 Å². The molecular weight excluding hydrogens is 222 g/mol. The zero-order chi connectivity index (χ0) is 10.7. The predicted molar refractivity (Wildman–Crippen MR) is 58.4 cm³/mol. The van der Waals surface area contributed by atoms with E-state index in [9.17, 15) is 9.59 Å². The van der Waals surface area contributed by atoms with E-state index in [1.807, 2.05) is 0 Å². The zero-order valence-electron chi connectivity index (χ0n) is 7.84. The van der Waals surface area contributed by atoms with Gasteiger partial charge >= 0.3 is 5.97 Å². The molecule has 0 aromatic rings. The summed E-state index contributed by atoms with van der Waals surface area (Å²) in [5.74, 6) is -1.04. The van der Waals surface area contributed by atoms with Gasteiger partial charge in [0.15, 0.2) is 0 Å². The van der Waals surface area contributed by atoms with Crippen LogP contribution in [-0.4, -0.2) is 39.7 Å². The Morgan fingerprint density at radius 2 is 2.29 bits per heavy atom. The number of likely N-dealkylation sites (tertiary alicyclic amines) is 1. The van der Waals surface area contributed by atoms with Crippen molar-refractivity contribution in [2.75, 3.05) is 6.54 Å². The first kappa shape index (κ1) is 11.7. The number of hydrogen-bond acceptors (Lipinski definition) is 4. The van der Waals surface area contributed by atoms with E-state index >= 15 is 0 Å². The van der Waals surface area contributed by atoms with Crippen molar-refractivity contribution in [2.24, 2.45) is 0 Å². The van der Waals surface area contributed by atoms with E-state index in [4.69, 9.17) is 5.11 Å². The smallest absolute Gasteiger partial charge is 0.326 e. The minimum atomic E-state index is -0.910. The van der Waals surface area contributed by atoms with Gasteiger partial charge in [-0.3, -0.25) is 4.79 Å². The molecule has 1 rings (SSSR count). The van der Waals surface area contributed by atoms with Crippen molar-refractivity contribution < 1.29 is 14.7 Å². The average molecular weight is 235 g/mol. The summed E-state index contributed by atoms with van der Waals surface area (Å²) in [5.41, 5.74) is 0. The van der Waals surface area contributed by atoms with Crippen LogP contribution in [0.2, 0.25) is 0 Å². The van der Waals surface area contributed by atoms with E-state index in [1.54, 1.807) is 6.92 Å². The summed E-state index contributed by atoms with van der Waals surface area (Å²) in [6, 6.07) is -0.634. The molecule has 1 aliphatic heterocycles.